The molecule has 0 heterocycles. The molecule has 1 aromatic carbocycles. The number of carbonyl (C=O) groups is 1. The zero-order valence-electron chi connectivity index (χ0n) is 12.0. The minimum atomic E-state index is 0. The Labute approximate surface area is 126 Å². The van der Waals surface area contributed by atoms with Gasteiger partial charge in [-0.1, -0.05) is 12.5 Å². The van der Waals surface area contributed by atoms with Crippen molar-refractivity contribution in [2.75, 3.05) is 12.4 Å². The van der Waals surface area contributed by atoms with Crippen molar-refractivity contribution in [1.29, 1.82) is 0 Å². The fourth-order valence-electron chi connectivity index (χ4n) is 2.60. The largest absolute Gasteiger partial charge is 0.495 e. The number of methoxy groups -OCH3 is 1. The van der Waals surface area contributed by atoms with E-state index in [0.717, 1.165) is 36.9 Å². The summed E-state index contributed by atoms with van der Waals surface area (Å²) in [5.41, 5.74) is 7.77. The van der Waals surface area contributed by atoms with Gasteiger partial charge < -0.3 is 15.8 Å². The number of hydrogen-bond donors (Lipinski definition) is 2. The van der Waals surface area contributed by atoms with Crippen LogP contribution < -0.4 is 15.8 Å². The zero-order valence-corrected chi connectivity index (χ0v) is 12.8. The van der Waals surface area contributed by atoms with E-state index >= 15 is 0 Å². The van der Waals surface area contributed by atoms with E-state index in [2.05, 4.69) is 5.32 Å². The highest BCUT2D eigenvalue weighted by Crippen LogP contribution is 2.28. The first-order chi connectivity index (χ1) is 9.10. The second-order valence-corrected chi connectivity index (χ2v) is 5.32. The summed E-state index contributed by atoms with van der Waals surface area (Å²) in [4.78, 5) is 12.2. The van der Waals surface area contributed by atoms with Gasteiger partial charge in [-0.25, -0.2) is 0 Å². The average molecular weight is 299 g/mol. The Bertz CT molecular complexity index is 465. The highest BCUT2D eigenvalue weighted by molar-refractivity contribution is 5.94. The van der Waals surface area contributed by atoms with Crippen molar-refractivity contribution in [1.82, 2.24) is 0 Å². The lowest BCUT2D eigenvalue weighted by Crippen LogP contribution is -2.34. The maximum atomic E-state index is 12.2. The van der Waals surface area contributed by atoms with E-state index < -0.39 is 0 Å². The molecule has 3 N–H and O–H groups in total. The molecule has 112 valence electrons. The maximum absolute atomic E-state index is 12.2. The number of rotatable bonds is 3. The second-order valence-electron chi connectivity index (χ2n) is 5.32. The summed E-state index contributed by atoms with van der Waals surface area (Å²) in [6.07, 6.45) is 3.76. The molecule has 1 saturated carbocycles. The summed E-state index contributed by atoms with van der Waals surface area (Å²) in [5, 5.41) is 2.96. The Morgan fingerprint density at radius 1 is 1.40 bits per heavy atom. The molecular formula is C15H23ClN2O2. The zero-order chi connectivity index (χ0) is 13.8. The van der Waals surface area contributed by atoms with Crippen LogP contribution in [0, 0.1) is 12.8 Å². The van der Waals surface area contributed by atoms with Gasteiger partial charge in [0.15, 0.2) is 0 Å². The summed E-state index contributed by atoms with van der Waals surface area (Å²) in [6.45, 7) is 1.99. The van der Waals surface area contributed by atoms with E-state index in [0.29, 0.717) is 5.75 Å². The van der Waals surface area contributed by atoms with Crippen LogP contribution in [0.15, 0.2) is 18.2 Å². The molecule has 1 amide bonds. The third kappa shape index (κ3) is 4.12. The quantitative estimate of drug-likeness (QED) is 0.902. The molecule has 4 nitrogen and oxygen atoms in total. The third-order valence-electron chi connectivity index (χ3n) is 3.70. The molecule has 1 aliphatic carbocycles. The van der Waals surface area contributed by atoms with Gasteiger partial charge in [0, 0.05) is 12.0 Å². The fourth-order valence-corrected chi connectivity index (χ4v) is 2.60. The Morgan fingerprint density at radius 3 is 2.80 bits per heavy atom. The number of amides is 1. The number of halogens is 1. The molecule has 0 aliphatic heterocycles. The van der Waals surface area contributed by atoms with Crippen LogP contribution in [0.3, 0.4) is 0 Å². The predicted octanol–water partition coefficient (Wildman–Crippen LogP) is 2.88. The highest BCUT2D eigenvalue weighted by atomic mass is 35.5. The van der Waals surface area contributed by atoms with Gasteiger partial charge >= 0.3 is 0 Å². The van der Waals surface area contributed by atoms with Gasteiger partial charge in [0.05, 0.1) is 12.8 Å². The number of carbonyl (C=O) groups excluding carboxylic acids is 1. The van der Waals surface area contributed by atoms with Gasteiger partial charge in [-0.15, -0.1) is 12.4 Å². The SMILES string of the molecule is COc1cc(C)ccc1NC(=O)C1CCCC(N)C1.Cl. The number of aryl methyl sites for hydroxylation is 1. The molecule has 1 aromatic rings. The standard InChI is InChI=1S/C15H22N2O2.ClH/c1-10-6-7-13(14(8-10)19-2)17-15(18)11-4-3-5-12(16)9-11;/h6-8,11-12H,3-5,9,16H2,1-2H3,(H,17,18);1H. The smallest absolute Gasteiger partial charge is 0.227 e. The summed E-state index contributed by atoms with van der Waals surface area (Å²) < 4.78 is 5.30. The van der Waals surface area contributed by atoms with Crippen LogP contribution in [0.4, 0.5) is 5.69 Å². The van der Waals surface area contributed by atoms with E-state index in [1.54, 1.807) is 7.11 Å². The minimum Gasteiger partial charge on any atom is -0.495 e. The summed E-state index contributed by atoms with van der Waals surface area (Å²) >= 11 is 0. The van der Waals surface area contributed by atoms with Crippen LogP contribution >= 0.6 is 12.4 Å². The van der Waals surface area contributed by atoms with Crippen LogP contribution in [-0.4, -0.2) is 19.1 Å². The summed E-state index contributed by atoms with van der Waals surface area (Å²) in [5.74, 6) is 0.778. The van der Waals surface area contributed by atoms with Crippen molar-refractivity contribution < 1.29 is 9.53 Å². The van der Waals surface area contributed by atoms with Crippen LogP contribution in [0.2, 0.25) is 0 Å². The van der Waals surface area contributed by atoms with Crippen LogP contribution in [0.1, 0.15) is 31.2 Å². The van der Waals surface area contributed by atoms with Crippen molar-refractivity contribution in [3.8, 4) is 5.75 Å². The molecule has 5 heteroatoms. The molecule has 2 atom stereocenters. The monoisotopic (exact) mass is 298 g/mol. The van der Waals surface area contributed by atoms with Crippen molar-refractivity contribution in [3.05, 3.63) is 23.8 Å². The number of ether oxygens (including phenoxy) is 1. The topological polar surface area (TPSA) is 64.3 Å². The van der Waals surface area contributed by atoms with Crippen molar-refractivity contribution in [2.24, 2.45) is 11.7 Å². The lowest BCUT2D eigenvalue weighted by molar-refractivity contribution is -0.120. The second kappa shape index (κ2) is 7.50. The molecule has 2 unspecified atom stereocenters. The van der Waals surface area contributed by atoms with Crippen LogP contribution in [0.25, 0.3) is 0 Å². The first-order valence-electron chi connectivity index (χ1n) is 6.81. The van der Waals surface area contributed by atoms with E-state index in [-0.39, 0.29) is 30.3 Å². The van der Waals surface area contributed by atoms with Crippen molar-refractivity contribution in [3.63, 3.8) is 0 Å². The van der Waals surface area contributed by atoms with Gasteiger partial charge in [-0.3, -0.25) is 4.79 Å². The van der Waals surface area contributed by atoms with Gasteiger partial charge in [0.25, 0.3) is 0 Å². The number of anilines is 1. The molecule has 0 spiro atoms. The first kappa shape index (κ1) is 16.8. The summed E-state index contributed by atoms with van der Waals surface area (Å²) in [6, 6.07) is 5.92. The Kier molecular flexibility index (Phi) is 6.30. The van der Waals surface area contributed by atoms with Gasteiger partial charge in [-0.2, -0.15) is 0 Å². The molecule has 20 heavy (non-hydrogen) atoms. The average Bonchev–Trinajstić information content (AvgIpc) is 2.40. The van der Waals surface area contributed by atoms with E-state index in [1.807, 2.05) is 25.1 Å². The molecule has 1 aliphatic rings. The van der Waals surface area contributed by atoms with E-state index in [9.17, 15) is 4.79 Å². The predicted molar refractivity (Wildman–Crippen MR) is 83.5 cm³/mol. The van der Waals surface area contributed by atoms with Crippen molar-refractivity contribution in [2.45, 2.75) is 38.6 Å². The maximum Gasteiger partial charge on any atom is 0.227 e. The molecular weight excluding hydrogens is 276 g/mol. The van der Waals surface area contributed by atoms with E-state index in [4.69, 9.17) is 10.5 Å². The van der Waals surface area contributed by atoms with Crippen LogP contribution in [-0.2, 0) is 4.79 Å². The van der Waals surface area contributed by atoms with Gasteiger partial charge in [-0.05, 0) is 43.9 Å². The Hall–Kier alpha value is -1.26. The number of nitrogens with two attached hydrogens (primary N) is 1. The lowest BCUT2D eigenvalue weighted by atomic mass is 9.85. The molecule has 0 saturated heterocycles. The number of nitrogens with one attached hydrogen (secondary N) is 1. The fraction of sp³-hybridized carbons (Fsp3) is 0.533. The number of hydrogen-bond acceptors (Lipinski definition) is 3. The lowest BCUT2D eigenvalue weighted by Gasteiger charge is -2.25. The minimum absolute atomic E-state index is 0. The molecule has 0 aromatic heterocycles. The molecule has 2 rings (SSSR count). The Balaban J connectivity index is 0.00000200. The number of benzene rings is 1. The van der Waals surface area contributed by atoms with Crippen molar-refractivity contribution >= 4 is 24.0 Å². The van der Waals surface area contributed by atoms with Crippen LogP contribution in [0.5, 0.6) is 5.75 Å². The summed E-state index contributed by atoms with van der Waals surface area (Å²) in [7, 11) is 1.61. The van der Waals surface area contributed by atoms with Gasteiger partial charge in [0.1, 0.15) is 5.75 Å². The normalized spacial score (nSPS) is 21.8. The third-order valence-corrected chi connectivity index (χ3v) is 3.70. The molecule has 0 radical (unpaired) electrons. The highest BCUT2D eigenvalue weighted by Gasteiger charge is 2.25. The molecule has 1 fully saturated rings. The van der Waals surface area contributed by atoms with E-state index in [1.165, 1.54) is 0 Å². The Morgan fingerprint density at radius 2 is 2.15 bits per heavy atom. The van der Waals surface area contributed by atoms with Gasteiger partial charge in [0.2, 0.25) is 5.91 Å². The molecule has 0 bridgehead atoms. The first-order valence-corrected chi connectivity index (χ1v) is 6.81.